The third-order valence-electron chi connectivity index (χ3n) is 2.87. The van der Waals surface area contributed by atoms with E-state index in [0.29, 0.717) is 5.69 Å². The Kier molecular flexibility index (Phi) is 3.32. The van der Waals surface area contributed by atoms with Crippen molar-refractivity contribution in [3.05, 3.63) is 40.7 Å². The maximum Gasteiger partial charge on any atom is 0.252 e. The zero-order valence-electron chi connectivity index (χ0n) is 10.4. The molecule has 2 N–H and O–H groups in total. The third-order valence-corrected chi connectivity index (χ3v) is 2.87. The molecule has 1 heterocycles. The number of aromatic nitrogens is 1. The first-order valence-electron chi connectivity index (χ1n) is 5.66. The van der Waals surface area contributed by atoms with Crippen molar-refractivity contribution < 1.29 is 4.79 Å². The number of fused-ring (bicyclic) bond motifs is 1. The predicted octanol–water partition coefficient (Wildman–Crippen LogP) is 0.696. The van der Waals surface area contributed by atoms with Crippen molar-refractivity contribution in [3.63, 3.8) is 0 Å². The fourth-order valence-electron chi connectivity index (χ4n) is 1.82. The van der Waals surface area contributed by atoms with Crippen molar-refractivity contribution in [1.82, 2.24) is 9.88 Å². The molecule has 0 atom stereocenters. The molecule has 0 radical (unpaired) electrons. The lowest BCUT2D eigenvalue weighted by atomic mass is 10.2. The largest absolute Gasteiger partial charge is 0.375 e. The number of carbonyl (C=O) groups is 1. The van der Waals surface area contributed by atoms with Crippen LogP contribution in [0, 0.1) is 0 Å². The summed E-state index contributed by atoms with van der Waals surface area (Å²) >= 11 is 0. The normalized spacial score (nSPS) is 10.3. The molecule has 94 valence electrons. The van der Waals surface area contributed by atoms with E-state index in [-0.39, 0.29) is 18.0 Å². The summed E-state index contributed by atoms with van der Waals surface area (Å²) in [5, 5.41) is 6.43. The minimum absolute atomic E-state index is 0.104. The zero-order valence-corrected chi connectivity index (χ0v) is 10.4. The highest BCUT2D eigenvalue weighted by Crippen LogP contribution is 2.20. The monoisotopic (exact) mass is 245 g/mol. The molecule has 18 heavy (non-hydrogen) atoms. The van der Waals surface area contributed by atoms with Gasteiger partial charge in [-0.3, -0.25) is 9.59 Å². The summed E-state index contributed by atoms with van der Waals surface area (Å²) in [7, 11) is 3.30. The second-order valence-electron chi connectivity index (χ2n) is 4.00. The molecule has 2 aromatic rings. The third kappa shape index (κ3) is 2.20. The van der Waals surface area contributed by atoms with E-state index in [2.05, 4.69) is 10.6 Å². The number of nitrogens with one attached hydrogen (secondary N) is 2. The summed E-state index contributed by atoms with van der Waals surface area (Å²) in [6, 6.07) is 9.08. The van der Waals surface area contributed by atoms with E-state index in [1.54, 1.807) is 18.7 Å². The van der Waals surface area contributed by atoms with Crippen LogP contribution in [0.1, 0.15) is 0 Å². The molecule has 0 saturated heterocycles. The Labute approximate surface area is 104 Å². The molecule has 0 unspecified atom stereocenters. The van der Waals surface area contributed by atoms with Crippen LogP contribution in [0.3, 0.4) is 0 Å². The van der Waals surface area contributed by atoms with Crippen molar-refractivity contribution in [2.45, 2.75) is 0 Å². The molecular formula is C13H15N3O2. The molecule has 5 nitrogen and oxygen atoms in total. The highest BCUT2D eigenvalue weighted by Gasteiger charge is 2.06. The second-order valence-corrected chi connectivity index (χ2v) is 4.00. The molecule has 0 saturated carbocycles. The Bertz CT molecular complexity index is 646. The van der Waals surface area contributed by atoms with Gasteiger partial charge in [-0.15, -0.1) is 0 Å². The van der Waals surface area contributed by atoms with Gasteiger partial charge in [-0.25, -0.2) is 0 Å². The predicted molar refractivity (Wildman–Crippen MR) is 71.7 cm³/mol. The van der Waals surface area contributed by atoms with Gasteiger partial charge in [-0.2, -0.15) is 0 Å². The van der Waals surface area contributed by atoms with Gasteiger partial charge >= 0.3 is 0 Å². The molecule has 0 aliphatic carbocycles. The maximum absolute atomic E-state index is 11.8. The van der Waals surface area contributed by atoms with Crippen LogP contribution in [0.5, 0.6) is 0 Å². The topological polar surface area (TPSA) is 63.1 Å². The minimum atomic E-state index is -0.125. The number of aryl methyl sites for hydroxylation is 1. The van der Waals surface area contributed by atoms with Crippen molar-refractivity contribution >= 4 is 22.5 Å². The van der Waals surface area contributed by atoms with Gasteiger partial charge in [0, 0.05) is 31.2 Å². The summed E-state index contributed by atoms with van der Waals surface area (Å²) in [5.41, 5.74) is 1.41. The number of pyridine rings is 1. The van der Waals surface area contributed by atoms with Gasteiger partial charge in [0.1, 0.15) is 0 Å². The molecular weight excluding hydrogens is 230 g/mol. The van der Waals surface area contributed by atoms with Crippen LogP contribution in [0.4, 0.5) is 5.69 Å². The van der Waals surface area contributed by atoms with E-state index in [0.717, 1.165) is 10.9 Å². The van der Waals surface area contributed by atoms with Crippen LogP contribution in [0.15, 0.2) is 35.1 Å². The van der Waals surface area contributed by atoms with Crippen LogP contribution in [0.2, 0.25) is 0 Å². The molecule has 1 aromatic carbocycles. The highest BCUT2D eigenvalue weighted by atomic mass is 16.1. The van der Waals surface area contributed by atoms with Crippen LogP contribution in [-0.2, 0) is 11.8 Å². The van der Waals surface area contributed by atoms with E-state index in [4.69, 9.17) is 0 Å². The van der Waals surface area contributed by atoms with E-state index in [1.807, 2.05) is 24.3 Å². The number of nitrogens with zero attached hydrogens (tertiary/aromatic N) is 1. The Morgan fingerprint density at radius 2 is 2.06 bits per heavy atom. The minimum Gasteiger partial charge on any atom is -0.375 e. The molecule has 2 rings (SSSR count). The SMILES string of the molecule is CNC(=O)CNc1cc(=O)n(C)c2ccccc12. The lowest BCUT2D eigenvalue weighted by Gasteiger charge is -2.11. The average Bonchev–Trinajstić information content (AvgIpc) is 2.41. The van der Waals surface area contributed by atoms with Gasteiger partial charge in [-0.1, -0.05) is 18.2 Å². The molecule has 0 bridgehead atoms. The number of hydrogen-bond donors (Lipinski definition) is 2. The molecule has 0 spiro atoms. The van der Waals surface area contributed by atoms with Crippen molar-refractivity contribution in [3.8, 4) is 0 Å². The number of benzene rings is 1. The quantitative estimate of drug-likeness (QED) is 0.836. The lowest BCUT2D eigenvalue weighted by molar-refractivity contribution is -0.118. The average molecular weight is 245 g/mol. The second kappa shape index (κ2) is 4.91. The standard InChI is InChI=1S/C13H15N3O2/c1-14-12(17)8-15-10-7-13(18)16(2)11-6-4-3-5-9(10)11/h3-7,15H,8H2,1-2H3,(H,14,17). The summed E-state index contributed by atoms with van der Waals surface area (Å²) < 4.78 is 1.58. The van der Waals surface area contributed by atoms with Gasteiger partial charge < -0.3 is 15.2 Å². The van der Waals surface area contributed by atoms with E-state index in [9.17, 15) is 9.59 Å². The summed E-state index contributed by atoms with van der Waals surface area (Å²) in [6.45, 7) is 0.146. The lowest BCUT2D eigenvalue weighted by Crippen LogP contribution is -2.27. The van der Waals surface area contributed by atoms with Gasteiger partial charge in [-0.05, 0) is 6.07 Å². The first-order valence-corrected chi connectivity index (χ1v) is 5.66. The van der Waals surface area contributed by atoms with Gasteiger partial charge in [0.15, 0.2) is 0 Å². The maximum atomic E-state index is 11.8. The van der Waals surface area contributed by atoms with Gasteiger partial charge in [0.2, 0.25) is 5.91 Å². The van der Waals surface area contributed by atoms with E-state index < -0.39 is 0 Å². The summed E-state index contributed by atoms with van der Waals surface area (Å²) in [5.74, 6) is -0.125. The molecule has 1 amide bonds. The highest BCUT2D eigenvalue weighted by molar-refractivity contribution is 5.93. The first-order chi connectivity index (χ1) is 8.63. The Balaban J connectivity index is 2.47. The Hall–Kier alpha value is -2.30. The number of likely N-dealkylation sites (N-methyl/N-ethyl adjacent to an activating group) is 1. The van der Waals surface area contributed by atoms with Crippen molar-refractivity contribution in [1.29, 1.82) is 0 Å². The Morgan fingerprint density at radius 3 is 2.78 bits per heavy atom. The fraction of sp³-hybridized carbons (Fsp3) is 0.231. The first kappa shape index (κ1) is 12.2. The van der Waals surface area contributed by atoms with Crippen LogP contribution < -0.4 is 16.2 Å². The van der Waals surface area contributed by atoms with Crippen molar-refractivity contribution in [2.24, 2.45) is 7.05 Å². The number of amides is 1. The summed E-state index contributed by atoms with van der Waals surface area (Å²) in [4.78, 5) is 23.0. The molecule has 0 aliphatic rings. The van der Waals surface area contributed by atoms with Crippen LogP contribution in [0.25, 0.3) is 10.9 Å². The smallest absolute Gasteiger partial charge is 0.252 e. The van der Waals surface area contributed by atoms with Crippen LogP contribution >= 0.6 is 0 Å². The van der Waals surface area contributed by atoms with Gasteiger partial charge in [0.25, 0.3) is 5.56 Å². The molecule has 5 heteroatoms. The zero-order chi connectivity index (χ0) is 13.1. The van der Waals surface area contributed by atoms with Gasteiger partial charge in [0.05, 0.1) is 12.1 Å². The number of para-hydroxylation sites is 1. The Morgan fingerprint density at radius 1 is 1.33 bits per heavy atom. The molecule has 1 aromatic heterocycles. The van der Waals surface area contributed by atoms with E-state index in [1.165, 1.54) is 6.07 Å². The number of anilines is 1. The van der Waals surface area contributed by atoms with E-state index >= 15 is 0 Å². The molecule has 0 fully saturated rings. The summed E-state index contributed by atoms with van der Waals surface area (Å²) in [6.07, 6.45) is 0. The number of hydrogen-bond acceptors (Lipinski definition) is 3. The van der Waals surface area contributed by atoms with Crippen LogP contribution in [-0.4, -0.2) is 24.1 Å². The van der Waals surface area contributed by atoms with Crippen molar-refractivity contribution in [2.75, 3.05) is 18.9 Å². The number of carbonyl (C=O) groups excluding carboxylic acids is 1. The molecule has 0 aliphatic heterocycles. The number of rotatable bonds is 3. The fourth-order valence-corrected chi connectivity index (χ4v) is 1.82.